The van der Waals surface area contributed by atoms with Crippen LogP contribution in [0.5, 0.6) is 6.01 Å². The molecule has 23 heteroatoms. The van der Waals surface area contributed by atoms with Crippen LogP contribution in [-0.2, 0) is 44.8 Å². The van der Waals surface area contributed by atoms with Crippen molar-refractivity contribution in [3.8, 4) is 6.01 Å². The number of nitrogens with two attached hydrogens (primary N) is 1. The molecular weight excluding hydrogens is 1030 g/mol. The number of fused-ring (bicyclic) bond motifs is 1. The topological polar surface area (TPSA) is 302 Å². The van der Waals surface area contributed by atoms with Crippen LogP contribution in [-0.4, -0.2) is 144 Å². The number of likely N-dealkylation sites (tertiary alicyclic amines) is 1. The van der Waals surface area contributed by atoms with E-state index >= 15 is 0 Å². The number of aliphatic hydroxyl groups excluding tert-OH is 1. The SMILES string of the molecule is CCCCNc1nc(N)c2nc(O)n(Cc3ccc(NC(=O)CCC(NC(=O)C(CSCCO)NC(=O)C4CCC(CN5C(=O)CC(SCC(=O)NCCCCCCCCC(CC)CC)C5=O)CC4)C(=O)OC)cc3)c2n1. The number of nitrogens with one attached hydrogen (secondary N) is 5. The van der Waals surface area contributed by atoms with Crippen LogP contribution < -0.4 is 32.3 Å². The molecule has 0 bridgehead atoms. The molecule has 77 heavy (non-hydrogen) atoms. The minimum atomic E-state index is -1.22. The fourth-order valence-electron chi connectivity index (χ4n) is 9.65. The van der Waals surface area contributed by atoms with E-state index in [2.05, 4.69) is 62.3 Å². The lowest BCUT2D eigenvalue weighted by Gasteiger charge is -2.31. The minimum Gasteiger partial charge on any atom is -0.480 e. The number of ether oxygens (including phenoxy) is 1. The zero-order valence-electron chi connectivity index (χ0n) is 45.4. The zero-order chi connectivity index (χ0) is 55.7. The quantitative estimate of drug-likeness (QED) is 0.0193. The Labute approximate surface area is 461 Å². The first-order valence-electron chi connectivity index (χ1n) is 27.6. The molecule has 2 aliphatic rings. The maximum atomic E-state index is 13.8. The first-order chi connectivity index (χ1) is 37.2. The van der Waals surface area contributed by atoms with Crippen LogP contribution in [0.15, 0.2) is 24.3 Å². The van der Waals surface area contributed by atoms with Crippen molar-refractivity contribution < 1.29 is 48.5 Å². The summed E-state index contributed by atoms with van der Waals surface area (Å²) in [7, 11) is 1.17. The molecular formula is C54H83N11O10S2. The summed E-state index contributed by atoms with van der Waals surface area (Å²) in [4.78, 5) is 107. The number of aliphatic hydroxyl groups is 1. The first-order valence-corrected chi connectivity index (χ1v) is 29.8. The van der Waals surface area contributed by atoms with Crippen molar-refractivity contribution in [2.75, 3.05) is 67.0 Å². The average Bonchev–Trinajstić information content (AvgIpc) is 3.90. The highest BCUT2D eigenvalue weighted by Gasteiger charge is 2.41. The predicted molar refractivity (Wildman–Crippen MR) is 301 cm³/mol. The van der Waals surface area contributed by atoms with E-state index in [0.717, 1.165) is 43.6 Å². The number of imide groups is 1. The van der Waals surface area contributed by atoms with Crippen molar-refractivity contribution in [3.05, 3.63) is 29.8 Å². The third-order valence-electron chi connectivity index (χ3n) is 14.4. The molecule has 426 valence electrons. The van der Waals surface area contributed by atoms with Gasteiger partial charge in [-0.2, -0.15) is 26.7 Å². The largest absolute Gasteiger partial charge is 0.480 e. The normalized spacial score (nSPS) is 17.3. The third-order valence-corrected chi connectivity index (χ3v) is 16.6. The highest BCUT2D eigenvalue weighted by Crippen LogP contribution is 2.33. The molecule has 1 aliphatic carbocycles. The second-order valence-corrected chi connectivity index (χ2v) is 22.5. The van der Waals surface area contributed by atoms with Crippen LogP contribution >= 0.6 is 23.5 Å². The number of nitrogens with zero attached hydrogens (tertiary/aromatic N) is 5. The van der Waals surface area contributed by atoms with Gasteiger partial charge in [0.25, 0.3) is 6.01 Å². The number of nitrogen functional groups attached to an aromatic ring is 1. The molecule has 1 saturated heterocycles. The van der Waals surface area contributed by atoms with Crippen molar-refractivity contribution in [2.24, 2.45) is 17.8 Å². The molecule has 1 aliphatic heterocycles. The van der Waals surface area contributed by atoms with E-state index in [1.165, 1.54) is 78.6 Å². The molecule has 0 spiro atoms. The molecule has 5 rings (SSSR count). The number of unbranched alkanes of at least 4 members (excludes halogenated alkanes) is 6. The Balaban J connectivity index is 1.03. The molecule has 3 aromatic rings. The van der Waals surface area contributed by atoms with Crippen LogP contribution in [0.1, 0.15) is 142 Å². The molecule has 0 radical (unpaired) electrons. The number of amides is 6. The van der Waals surface area contributed by atoms with Crippen LogP contribution in [0, 0.1) is 17.8 Å². The van der Waals surface area contributed by atoms with E-state index in [4.69, 9.17) is 10.5 Å². The Morgan fingerprint density at radius 1 is 0.857 bits per heavy atom. The average molecular weight is 1110 g/mol. The fourth-order valence-corrected chi connectivity index (χ4v) is 11.4. The van der Waals surface area contributed by atoms with E-state index in [1.54, 1.807) is 24.3 Å². The number of imidazole rings is 1. The van der Waals surface area contributed by atoms with Crippen LogP contribution in [0.4, 0.5) is 17.5 Å². The number of rotatable bonds is 35. The molecule has 3 unspecified atom stereocenters. The molecule has 1 saturated carbocycles. The summed E-state index contributed by atoms with van der Waals surface area (Å²) in [6, 6.07) is 4.31. The number of aromatic hydroxyl groups is 1. The Hall–Kier alpha value is -5.68. The third kappa shape index (κ3) is 19.9. The molecule has 2 aromatic heterocycles. The Morgan fingerprint density at radius 2 is 1.57 bits per heavy atom. The molecule has 3 heterocycles. The lowest BCUT2D eigenvalue weighted by molar-refractivity contribution is -0.145. The highest BCUT2D eigenvalue weighted by atomic mass is 32.2. The monoisotopic (exact) mass is 1110 g/mol. The number of hydrogen-bond donors (Lipinski definition) is 8. The van der Waals surface area contributed by atoms with Crippen molar-refractivity contribution in [1.29, 1.82) is 0 Å². The predicted octanol–water partition coefficient (Wildman–Crippen LogP) is 5.91. The number of thioether (sulfide) groups is 2. The summed E-state index contributed by atoms with van der Waals surface area (Å²) < 4.78 is 6.47. The fraction of sp³-hybridized carbons (Fsp3) is 0.667. The van der Waals surface area contributed by atoms with E-state index in [9.17, 15) is 43.8 Å². The van der Waals surface area contributed by atoms with Crippen molar-refractivity contribution in [2.45, 2.75) is 160 Å². The van der Waals surface area contributed by atoms with Crippen LogP contribution in [0.25, 0.3) is 11.2 Å². The number of esters is 1. The lowest BCUT2D eigenvalue weighted by atomic mass is 9.81. The number of benzene rings is 1. The number of carbonyl (C=O) groups is 7. The summed E-state index contributed by atoms with van der Waals surface area (Å²) in [5.41, 5.74) is 7.98. The van der Waals surface area contributed by atoms with Gasteiger partial charge in [0.2, 0.25) is 41.4 Å². The van der Waals surface area contributed by atoms with Crippen molar-refractivity contribution in [3.63, 3.8) is 0 Å². The summed E-state index contributed by atoms with van der Waals surface area (Å²) in [6.45, 7) is 8.14. The minimum absolute atomic E-state index is 0.00658. The van der Waals surface area contributed by atoms with Gasteiger partial charge in [-0.1, -0.05) is 90.7 Å². The van der Waals surface area contributed by atoms with Gasteiger partial charge in [-0.25, -0.2) is 4.79 Å². The smallest absolute Gasteiger partial charge is 0.328 e. The summed E-state index contributed by atoms with van der Waals surface area (Å²) in [6.07, 6.45) is 14.5. The molecule has 9 N–H and O–H groups in total. The number of aromatic nitrogens is 4. The Kier molecular flexibility index (Phi) is 26.6. The van der Waals surface area contributed by atoms with Gasteiger partial charge >= 0.3 is 5.97 Å². The maximum Gasteiger partial charge on any atom is 0.328 e. The molecule has 3 atom stereocenters. The van der Waals surface area contributed by atoms with E-state index in [0.29, 0.717) is 61.8 Å². The standard InChI is InChI=1S/C54H83N11O10S2/c1-5-8-26-57-53-62-47(55)46-48(63-53)65(54(74)61-46)32-37-18-22-39(23-19-37)58-43(67)25-24-40(52(73)75-4)59-50(71)41(33-76-29-28-66)60-49(70)38-20-16-36(17-21-38)31-64-45(69)30-42(51(64)72)77-34-44(68)56-27-14-12-10-9-11-13-15-35(6-2)7-3/h18-19,22-23,35-36,38,40-42,66H,5-17,20-21,24-34H2,1-4H3,(H,56,68)(H,58,67)(H,59,71)(H,60,70)(H,61,74)(H3,55,57,62,63). The number of carbonyl (C=O) groups excluding carboxylic acids is 7. The van der Waals surface area contributed by atoms with Crippen LogP contribution in [0.2, 0.25) is 0 Å². The second kappa shape index (κ2) is 32.9. The molecule has 6 amide bonds. The van der Waals surface area contributed by atoms with Gasteiger partial charge in [0.05, 0.1) is 31.3 Å². The summed E-state index contributed by atoms with van der Waals surface area (Å²) >= 11 is 2.45. The van der Waals surface area contributed by atoms with Crippen molar-refractivity contribution >= 4 is 93.6 Å². The summed E-state index contributed by atoms with van der Waals surface area (Å²) in [5.74, 6) is -1.52. The highest BCUT2D eigenvalue weighted by molar-refractivity contribution is 8.01. The lowest BCUT2D eigenvalue weighted by Crippen LogP contribution is -2.54. The van der Waals surface area contributed by atoms with Gasteiger partial charge in [-0.15, -0.1) is 11.8 Å². The Bertz CT molecular complexity index is 2400. The van der Waals surface area contributed by atoms with E-state index in [-0.39, 0.29) is 97.4 Å². The van der Waals surface area contributed by atoms with Gasteiger partial charge in [0.15, 0.2) is 17.0 Å². The number of hydrogen-bond acceptors (Lipinski definition) is 17. The van der Waals surface area contributed by atoms with Crippen LogP contribution in [0.3, 0.4) is 0 Å². The van der Waals surface area contributed by atoms with Gasteiger partial charge in [0.1, 0.15) is 12.1 Å². The first kappa shape index (κ1) is 62.2. The van der Waals surface area contributed by atoms with Gasteiger partial charge in [-0.3, -0.25) is 38.2 Å². The maximum absolute atomic E-state index is 13.8. The number of methoxy groups -OCH3 is 1. The van der Waals surface area contributed by atoms with E-state index < -0.39 is 41.0 Å². The van der Waals surface area contributed by atoms with Gasteiger partial charge < -0.3 is 47.3 Å². The number of anilines is 3. The van der Waals surface area contributed by atoms with E-state index in [1.807, 2.05) is 0 Å². The Morgan fingerprint density at radius 3 is 2.26 bits per heavy atom. The molecule has 21 nitrogen and oxygen atoms in total. The van der Waals surface area contributed by atoms with Crippen molar-refractivity contribution in [1.82, 2.24) is 40.4 Å². The second-order valence-electron chi connectivity index (χ2n) is 20.1. The summed E-state index contributed by atoms with van der Waals surface area (Å²) in [5, 5.41) is 33.9. The molecule has 2 fully saturated rings. The van der Waals surface area contributed by atoms with Gasteiger partial charge in [-0.05, 0) is 74.5 Å². The molecule has 1 aromatic carbocycles. The zero-order valence-corrected chi connectivity index (χ0v) is 47.1. The van der Waals surface area contributed by atoms with Gasteiger partial charge in [0, 0.05) is 55.6 Å².